The molecule has 7 nitrogen and oxygen atoms in total. The zero-order chi connectivity index (χ0) is 21.0. The molecule has 0 spiro atoms. The summed E-state index contributed by atoms with van der Waals surface area (Å²) in [6.45, 7) is 0.283. The minimum atomic E-state index is -3.97. The highest BCUT2D eigenvalue weighted by Gasteiger charge is 2.20. The van der Waals surface area contributed by atoms with Gasteiger partial charge in [-0.15, -0.1) is 10.2 Å². The van der Waals surface area contributed by atoms with Gasteiger partial charge in [0, 0.05) is 18.0 Å². The van der Waals surface area contributed by atoms with Crippen LogP contribution in [-0.4, -0.2) is 31.1 Å². The third kappa shape index (κ3) is 5.58. The number of rotatable bonds is 7. The molecule has 0 aliphatic rings. The fraction of sp³-hybridized carbons (Fsp3) is 0.118. The molecule has 0 fully saturated rings. The summed E-state index contributed by atoms with van der Waals surface area (Å²) in [5.41, 5.74) is 0.373. The van der Waals surface area contributed by atoms with Gasteiger partial charge in [0.1, 0.15) is 9.90 Å². The molecule has 0 saturated carbocycles. The van der Waals surface area contributed by atoms with E-state index in [4.69, 9.17) is 34.8 Å². The van der Waals surface area contributed by atoms with Gasteiger partial charge < -0.3 is 5.32 Å². The van der Waals surface area contributed by atoms with Crippen molar-refractivity contribution in [2.75, 3.05) is 11.3 Å². The molecule has 152 valence electrons. The summed E-state index contributed by atoms with van der Waals surface area (Å²) >= 11 is 18.8. The lowest BCUT2D eigenvalue weighted by Crippen LogP contribution is -2.25. The molecule has 0 atom stereocenters. The molecule has 0 unspecified atom stereocenters. The Balaban J connectivity index is 1.60. The number of carbonyl (C=O) groups is 1. The molecule has 29 heavy (non-hydrogen) atoms. The lowest BCUT2D eigenvalue weighted by Gasteiger charge is -2.07. The first-order chi connectivity index (χ1) is 13.8. The zero-order valence-electron chi connectivity index (χ0n) is 14.5. The molecule has 1 heterocycles. The number of sulfonamides is 1. The third-order valence-corrected chi connectivity index (χ3v) is 7.03. The van der Waals surface area contributed by atoms with E-state index < -0.39 is 10.0 Å². The molecule has 1 amide bonds. The van der Waals surface area contributed by atoms with Crippen LogP contribution < -0.4 is 10.0 Å². The third-order valence-electron chi connectivity index (χ3n) is 3.61. The molecule has 0 aliphatic heterocycles. The summed E-state index contributed by atoms with van der Waals surface area (Å²) in [5.74, 6) is -0.309. The number of halogens is 3. The van der Waals surface area contributed by atoms with Gasteiger partial charge in [-0.3, -0.25) is 9.52 Å². The Morgan fingerprint density at radius 2 is 1.79 bits per heavy atom. The van der Waals surface area contributed by atoms with Crippen molar-refractivity contribution in [1.29, 1.82) is 0 Å². The molecule has 1 aromatic heterocycles. The predicted octanol–water partition coefficient (Wildman–Crippen LogP) is 4.27. The minimum Gasteiger partial charge on any atom is -0.352 e. The molecule has 0 bridgehead atoms. The van der Waals surface area contributed by atoms with Gasteiger partial charge in [-0.2, -0.15) is 0 Å². The lowest BCUT2D eigenvalue weighted by atomic mass is 10.2. The summed E-state index contributed by atoms with van der Waals surface area (Å²) in [4.78, 5) is 12.0. The van der Waals surface area contributed by atoms with Gasteiger partial charge in [0.25, 0.3) is 15.9 Å². The van der Waals surface area contributed by atoms with E-state index in [-0.39, 0.29) is 32.5 Å². The van der Waals surface area contributed by atoms with Gasteiger partial charge in [0.05, 0.1) is 15.6 Å². The Labute approximate surface area is 186 Å². The number of aromatic nitrogens is 2. The van der Waals surface area contributed by atoms with E-state index in [0.29, 0.717) is 22.0 Å². The Morgan fingerprint density at radius 1 is 1.03 bits per heavy atom. The molecule has 0 radical (unpaired) electrons. The SMILES string of the molecule is O=C(NCCc1nnc(NS(=O)(=O)c2cc(Cl)ccc2Cl)s1)c1ccccc1Cl. The van der Waals surface area contributed by atoms with E-state index in [1.165, 1.54) is 18.2 Å². The van der Waals surface area contributed by atoms with Gasteiger partial charge in [0.15, 0.2) is 0 Å². The van der Waals surface area contributed by atoms with Crippen LogP contribution in [0.2, 0.25) is 15.1 Å². The van der Waals surface area contributed by atoms with Gasteiger partial charge in [-0.05, 0) is 30.3 Å². The van der Waals surface area contributed by atoms with Crippen LogP contribution in [0.3, 0.4) is 0 Å². The van der Waals surface area contributed by atoms with E-state index in [9.17, 15) is 13.2 Å². The van der Waals surface area contributed by atoms with Crippen LogP contribution >= 0.6 is 46.1 Å². The van der Waals surface area contributed by atoms with Crippen molar-refractivity contribution < 1.29 is 13.2 Å². The molecular weight excluding hydrogens is 479 g/mol. The summed E-state index contributed by atoms with van der Waals surface area (Å²) in [5, 5.41) is 11.7. The van der Waals surface area contributed by atoms with Crippen molar-refractivity contribution in [1.82, 2.24) is 15.5 Å². The molecule has 0 saturated heterocycles. The maximum absolute atomic E-state index is 12.5. The van der Waals surface area contributed by atoms with Gasteiger partial charge >= 0.3 is 0 Å². The van der Waals surface area contributed by atoms with Crippen LogP contribution in [0.15, 0.2) is 47.4 Å². The minimum absolute atomic E-state index is 0.0360. The summed E-state index contributed by atoms with van der Waals surface area (Å²) in [6.07, 6.45) is 0.369. The van der Waals surface area contributed by atoms with Crippen molar-refractivity contribution in [3.8, 4) is 0 Å². The van der Waals surface area contributed by atoms with E-state index in [1.807, 2.05) is 0 Å². The van der Waals surface area contributed by atoms with E-state index >= 15 is 0 Å². The summed E-state index contributed by atoms with van der Waals surface area (Å²) in [6, 6.07) is 10.8. The first kappa shape index (κ1) is 21.8. The Bertz CT molecular complexity index is 1150. The number of nitrogens with one attached hydrogen (secondary N) is 2. The van der Waals surface area contributed by atoms with Crippen molar-refractivity contribution >= 4 is 67.2 Å². The lowest BCUT2D eigenvalue weighted by molar-refractivity contribution is 0.0954. The molecule has 0 aliphatic carbocycles. The average molecular weight is 492 g/mol. The largest absolute Gasteiger partial charge is 0.352 e. The van der Waals surface area contributed by atoms with Crippen LogP contribution in [0.1, 0.15) is 15.4 Å². The van der Waals surface area contributed by atoms with E-state index in [0.717, 1.165) is 11.3 Å². The highest BCUT2D eigenvalue weighted by atomic mass is 35.5. The smallest absolute Gasteiger partial charge is 0.265 e. The molecule has 2 aromatic carbocycles. The second kappa shape index (κ2) is 9.27. The Morgan fingerprint density at radius 3 is 2.55 bits per heavy atom. The number of hydrogen-bond donors (Lipinski definition) is 2. The van der Waals surface area contributed by atoms with Gasteiger partial charge in [-0.25, -0.2) is 8.42 Å². The van der Waals surface area contributed by atoms with Crippen LogP contribution in [-0.2, 0) is 16.4 Å². The maximum atomic E-state index is 12.5. The van der Waals surface area contributed by atoms with Crippen molar-refractivity contribution in [2.24, 2.45) is 0 Å². The normalized spacial score (nSPS) is 11.3. The summed E-state index contributed by atoms with van der Waals surface area (Å²) < 4.78 is 27.3. The van der Waals surface area contributed by atoms with Gasteiger partial charge in [0.2, 0.25) is 5.13 Å². The average Bonchev–Trinajstić information content (AvgIpc) is 3.10. The van der Waals surface area contributed by atoms with Gasteiger partial charge in [-0.1, -0.05) is 58.3 Å². The first-order valence-electron chi connectivity index (χ1n) is 8.09. The summed E-state index contributed by atoms with van der Waals surface area (Å²) in [7, 11) is -3.97. The highest BCUT2D eigenvalue weighted by Crippen LogP contribution is 2.27. The van der Waals surface area contributed by atoms with Crippen molar-refractivity contribution in [2.45, 2.75) is 11.3 Å². The second-order valence-corrected chi connectivity index (χ2v) is 9.63. The first-order valence-corrected chi connectivity index (χ1v) is 11.5. The second-order valence-electron chi connectivity index (χ2n) is 5.67. The Hall–Kier alpha value is -1.91. The number of amides is 1. The molecule has 12 heteroatoms. The van der Waals surface area contributed by atoms with Crippen LogP contribution in [0.5, 0.6) is 0 Å². The van der Waals surface area contributed by atoms with Crippen LogP contribution in [0.4, 0.5) is 5.13 Å². The van der Waals surface area contributed by atoms with Crippen LogP contribution in [0.25, 0.3) is 0 Å². The number of carbonyl (C=O) groups excluding carboxylic acids is 1. The molecule has 3 rings (SSSR count). The Kier molecular flexibility index (Phi) is 6.97. The number of benzene rings is 2. The van der Waals surface area contributed by atoms with E-state index in [1.54, 1.807) is 24.3 Å². The number of anilines is 1. The van der Waals surface area contributed by atoms with Crippen molar-refractivity contribution in [3.05, 3.63) is 68.1 Å². The molecule has 3 aromatic rings. The topological polar surface area (TPSA) is 101 Å². The fourth-order valence-electron chi connectivity index (χ4n) is 2.27. The highest BCUT2D eigenvalue weighted by molar-refractivity contribution is 7.93. The fourth-order valence-corrected chi connectivity index (χ4v) is 5.23. The maximum Gasteiger partial charge on any atom is 0.265 e. The molecular formula is C17H13Cl3N4O3S2. The number of nitrogens with zero attached hydrogens (tertiary/aromatic N) is 2. The van der Waals surface area contributed by atoms with Crippen LogP contribution in [0, 0.1) is 0 Å². The number of hydrogen-bond acceptors (Lipinski definition) is 6. The monoisotopic (exact) mass is 490 g/mol. The van der Waals surface area contributed by atoms with Crippen molar-refractivity contribution in [3.63, 3.8) is 0 Å². The van der Waals surface area contributed by atoms with E-state index in [2.05, 4.69) is 20.2 Å². The predicted molar refractivity (Wildman–Crippen MR) is 115 cm³/mol. The zero-order valence-corrected chi connectivity index (χ0v) is 18.4. The standard InChI is InChI=1S/C17H13Cl3N4O3S2/c18-10-5-6-13(20)14(9-10)29(26,27)24-17-23-22-15(28-17)7-8-21-16(25)11-3-1-2-4-12(11)19/h1-6,9H,7-8H2,(H,21,25)(H,23,24). The molecule has 2 N–H and O–H groups in total. The quantitative estimate of drug-likeness (QED) is 0.514.